The molecule has 0 spiro atoms. The van der Waals surface area contributed by atoms with Gasteiger partial charge in [0, 0.05) is 31.1 Å². The summed E-state index contributed by atoms with van der Waals surface area (Å²) in [5, 5.41) is 12.6. The van der Waals surface area contributed by atoms with Crippen LogP contribution in [0, 0.1) is 0 Å². The predicted octanol–water partition coefficient (Wildman–Crippen LogP) is 3.96. The number of halogens is 1. The topological polar surface area (TPSA) is 69.6 Å². The third-order valence-corrected chi connectivity index (χ3v) is 4.29. The maximum absolute atomic E-state index is 12.5. The number of aliphatic carboxylic acids is 1. The molecule has 2 aromatic carbocycles. The Labute approximate surface area is 158 Å². The molecule has 0 heterocycles. The first-order chi connectivity index (χ1) is 12.4. The van der Waals surface area contributed by atoms with Crippen molar-refractivity contribution in [3.8, 4) is 0 Å². The molecule has 0 aliphatic carbocycles. The van der Waals surface area contributed by atoms with Gasteiger partial charge in [-0.05, 0) is 36.1 Å². The van der Waals surface area contributed by atoms with Crippen LogP contribution in [0.25, 0.3) is 0 Å². The van der Waals surface area contributed by atoms with Crippen molar-refractivity contribution in [3.05, 3.63) is 70.7 Å². The summed E-state index contributed by atoms with van der Waals surface area (Å²) in [5.41, 5.74) is 2.03. The lowest BCUT2D eigenvalue weighted by Gasteiger charge is -2.23. The first-order valence-corrected chi connectivity index (χ1v) is 8.83. The minimum atomic E-state index is -0.869. The summed E-state index contributed by atoms with van der Waals surface area (Å²) < 4.78 is 0. The van der Waals surface area contributed by atoms with Crippen LogP contribution in [0.2, 0.25) is 5.02 Å². The number of nitrogens with zero attached hydrogens (tertiary/aromatic N) is 1. The van der Waals surface area contributed by atoms with Gasteiger partial charge >= 0.3 is 12.0 Å². The first kappa shape index (κ1) is 19.8. The summed E-state index contributed by atoms with van der Waals surface area (Å²) in [5.74, 6) is -0.869. The highest BCUT2D eigenvalue weighted by Gasteiger charge is 2.17. The third kappa shape index (κ3) is 6.76. The van der Waals surface area contributed by atoms with Crippen LogP contribution in [0.15, 0.2) is 54.6 Å². The Morgan fingerprint density at radius 1 is 1.08 bits per heavy atom. The van der Waals surface area contributed by atoms with Crippen LogP contribution in [-0.2, 0) is 17.8 Å². The lowest BCUT2D eigenvalue weighted by atomic mass is 10.0. The summed E-state index contributed by atoms with van der Waals surface area (Å²) in [6.07, 6.45) is 0.984. The average Bonchev–Trinajstić information content (AvgIpc) is 2.62. The van der Waals surface area contributed by atoms with Gasteiger partial charge < -0.3 is 15.3 Å². The van der Waals surface area contributed by atoms with Crippen molar-refractivity contribution < 1.29 is 14.7 Å². The van der Waals surface area contributed by atoms with Gasteiger partial charge in [-0.25, -0.2) is 4.79 Å². The van der Waals surface area contributed by atoms with Gasteiger partial charge in [-0.2, -0.15) is 0 Å². The highest BCUT2D eigenvalue weighted by molar-refractivity contribution is 6.30. The van der Waals surface area contributed by atoms with Gasteiger partial charge in [0.1, 0.15) is 0 Å². The monoisotopic (exact) mass is 374 g/mol. The second-order valence-corrected chi connectivity index (χ2v) is 6.69. The molecule has 6 heteroatoms. The van der Waals surface area contributed by atoms with Crippen LogP contribution in [0.5, 0.6) is 0 Å². The summed E-state index contributed by atoms with van der Waals surface area (Å²) in [4.78, 5) is 25.0. The Kier molecular flexibility index (Phi) is 7.48. The van der Waals surface area contributed by atoms with Crippen LogP contribution in [0.1, 0.15) is 24.0 Å². The van der Waals surface area contributed by atoms with Gasteiger partial charge in [0.05, 0.1) is 0 Å². The number of nitrogens with one attached hydrogen (secondary N) is 1. The molecule has 2 aromatic rings. The molecule has 0 bridgehead atoms. The number of amides is 2. The maximum Gasteiger partial charge on any atom is 0.317 e. The fraction of sp³-hybridized carbons (Fsp3) is 0.300. The zero-order chi connectivity index (χ0) is 18.9. The van der Waals surface area contributed by atoms with Crippen LogP contribution in [0.3, 0.4) is 0 Å². The summed E-state index contributed by atoms with van der Waals surface area (Å²) >= 11 is 5.88. The highest BCUT2D eigenvalue weighted by atomic mass is 35.5. The number of urea groups is 1. The zero-order valence-electron chi connectivity index (χ0n) is 14.7. The Morgan fingerprint density at radius 3 is 2.35 bits per heavy atom. The Morgan fingerprint density at radius 2 is 1.73 bits per heavy atom. The molecule has 1 atom stereocenters. The van der Waals surface area contributed by atoms with E-state index in [9.17, 15) is 9.59 Å². The van der Waals surface area contributed by atoms with Gasteiger partial charge in [-0.15, -0.1) is 0 Å². The van der Waals surface area contributed by atoms with Crippen molar-refractivity contribution >= 4 is 23.6 Å². The molecule has 138 valence electrons. The number of rotatable bonds is 8. The number of carbonyl (C=O) groups is 2. The van der Waals surface area contributed by atoms with E-state index in [2.05, 4.69) is 5.32 Å². The van der Waals surface area contributed by atoms with Crippen LogP contribution < -0.4 is 5.32 Å². The average molecular weight is 375 g/mol. The van der Waals surface area contributed by atoms with Crippen molar-refractivity contribution in [2.75, 3.05) is 7.05 Å². The van der Waals surface area contributed by atoms with Gasteiger partial charge in [-0.3, -0.25) is 4.79 Å². The molecule has 0 saturated carbocycles. The van der Waals surface area contributed by atoms with Gasteiger partial charge in [0.15, 0.2) is 0 Å². The largest absolute Gasteiger partial charge is 0.481 e. The second-order valence-electron chi connectivity index (χ2n) is 6.25. The van der Waals surface area contributed by atoms with Gasteiger partial charge in [-0.1, -0.05) is 54.1 Å². The Bertz CT molecular complexity index is 720. The molecule has 5 nitrogen and oxygen atoms in total. The predicted molar refractivity (Wildman–Crippen MR) is 102 cm³/mol. The lowest BCUT2D eigenvalue weighted by molar-refractivity contribution is -0.137. The van der Waals surface area contributed by atoms with E-state index in [1.54, 1.807) is 24.1 Å². The molecule has 2 rings (SSSR count). The van der Waals surface area contributed by atoms with Crippen LogP contribution in [-0.4, -0.2) is 35.1 Å². The molecule has 0 radical (unpaired) electrons. The molecule has 0 saturated heterocycles. The molecule has 2 N–H and O–H groups in total. The Hall–Kier alpha value is -2.53. The van der Waals surface area contributed by atoms with Crippen molar-refractivity contribution in [1.29, 1.82) is 0 Å². The molecular formula is C20H23ClN2O3. The number of hydrogen-bond donors (Lipinski definition) is 2. The molecule has 2 amide bonds. The Balaban J connectivity index is 1.96. The summed E-state index contributed by atoms with van der Waals surface area (Å²) in [6.45, 7) is 0.444. The highest BCUT2D eigenvalue weighted by Crippen LogP contribution is 2.12. The number of hydrogen-bond acceptors (Lipinski definition) is 2. The van der Waals surface area contributed by atoms with E-state index < -0.39 is 5.97 Å². The van der Waals surface area contributed by atoms with Crippen molar-refractivity contribution in [2.24, 2.45) is 0 Å². The molecule has 0 aliphatic heterocycles. The fourth-order valence-corrected chi connectivity index (χ4v) is 2.77. The van der Waals surface area contributed by atoms with Crippen LogP contribution >= 0.6 is 11.6 Å². The number of carbonyl (C=O) groups excluding carboxylic acids is 1. The molecule has 1 unspecified atom stereocenters. The van der Waals surface area contributed by atoms with E-state index in [4.69, 9.17) is 16.7 Å². The fourth-order valence-electron chi connectivity index (χ4n) is 2.64. The molecular weight excluding hydrogens is 352 g/mol. The maximum atomic E-state index is 12.5. The van der Waals surface area contributed by atoms with E-state index in [-0.39, 0.29) is 18.5 Å². The van der Waals surface area contributed by atoms with E-state index in [0.29, 0.717) is 24.4 Å². The van der Waals surface area contributed by atoms with Gasteiger partial charge in [0.25, 0.3) is 0 Å². The van der Waals surface area contributed by atoms with E-state index in [1.807, 2.05) is 42.5 Å². The van der Waals surface area contributed by atoms with E-state index in [1.165, 1.54) is 0 Å². The smallest absolute Gasteiger partial charge is 0.317 e. The molecule has 0 fully saturated rings. The number of benzene rings is 2. The zero-order valence-corrected chi connectivity index (χ0v) is 15.4. The number of carboxylic acid groups (broad SMARTS) is 1. The molecule has 26 heavy (non-hydrogen) atoms. The standard InChI is InChI=1S/C20H23ClN2O3/c1-23(14-16-7-9-17(21)10-8-16)20(26)22-18(11-12-19(24)25)13-15-5-3-2-4-6-15/h2-10,18H,11-14H2,1H3,(H,22,26)(H,24,25). The van der Waals surface area contributed by atoms with Crippen LogP contribution in [0.4, 0.5) is 4.79 Å². The lowest BCUT2D eigenvalue weighted by Crippen LogP contribution is -2.44. The van der Waals surface area contributed by atoms with Gasteiger partial charge in [0.2, 0.25) is 0 Å². The molecule has 0 aliphatic rings. The SMILES string of the molecule is CN(Cc1ccc(Cl)cc1)C(=O)NC(CCC(=O)O)Cc1ccccc1. The first-order valence-electron chi connectivity index (χ1n) is 8.46. The normalized spacial score (nSPS) is 11.6. The summed E-state index contributed by atoms with van der Waals surface area (Å²) in [6, 6.07) is 16.6. The summed E-state index contributed by atoms with van der Waals surface area (Å²) in [7, 11) is 1.71. The minimum Gasteiger partial charge on any atom is -0.481 e. The van der Waals surface area contributed by atoms with Crippen molar-refractivity contribution in [2.45, 2.75) is 31.8 Å². The minimum absolute atomic E-state index is 0.0126. The second kappa shape index (κ2) is 9.82. The molecule has 0 aromatic heterocycles. The van der Waals surface area contributed by atoms with E-state index >= 15 is 0 Å². The van der Waals surface area contributed by atoms with Crippen molar-refractivity contribution in [1.82, 2.24) is 10.2 Å². The number of carboxylic acids is 1. The van der Waals surface area contributed by atoms with E-state index in [0.717, 1.165) is 11.1 Å². The quantitative estimate of drug-likeness (QED) is 0.734. The third-order valence-electron chi connectivity index (χ3n) is 4.04. The van der Waals surface area contributed by atoms with Crippen molar-refractivity contribution in [3.63, 3.8) is 0 Å².